The summed E-state index contributed by atoms with van der Waals surface area (Å²) in [6, 6.07) is 1.79. The van der Waals surface area contributed by atoms with Gasteiger partial charge < -0.3 is 36.8 Å². The Kier molecular flexibility index (Phi) is 14.2. The van der Waals surface area contributed by atoms with Gasteiger partial charge in [-0.2, -0.15) is 0 Å². The van der Waals surface area contributed by atoms with E-state index >= 15 is 0 Å². The van der Waals surface area contributed by atoms with Crippen LogP contribution in [0.15, 0.2) is 24.3 Å². The average Bonchev–Trinajstić information content (AvgIpc) is 2.92. The summed E-state index contributed by atoms with van der Waals surface area (Å²) in [5, 5.41) is 12.8. The Balaban J connectivity index is 2.31. The third-order valence-corrected chi connectivity index (χ3v) is 7.05. The lowest BCUT2D eigenvalue weighted by Gasteiger charge is -2.27. The van der Waals surface area contributed by atoms with Gasteiger partial charge in [-0.25, -0.2) is 4.57 Å². The van der Waals surface area contributed by atoms with Gasteiger partial charge in [0, 0.05) is 19.4 Å². The van der Waals surface area contributed by atoms with Crippen LogP contribution < -0.4 is 36.8 Å². The molecule has 3 atom stereocenters. The molecular weight excluding hydrogens is 599 g/mol. The number of carbonyl (C=O) groups is 6. The molecule has 0 spiro atoms. The van der Waals surface area contributed by atoms with Gasteiger partial charge >= 0.3 is 7.82 Å². The molecule has 44 heavy (non-hydrogen) atoms. The van der Waals surface area contributed by atoms with Gasteiger partial charge in [-0.1, -0.05) is 38.8 Å². The van der Waals surface area contributed by atoms with E-state index in [0.717, 1.165) is 6.42 Å². The zero-order valence-corrected chi connectivity index (χ0v) is 25.6. The molecule has 0 unspecified atom stereocenters. The van der Waals surface area contributed by atoms with Crippen LogP contribution in [0.2, 0.25) is 0 Å². The third-order valence-electron chi connectivity index (χ3n) is 6.60. The highest BCUT2D eigenvalue weighted by Gasteiger charge is 2.32. The van der Waals surface area contributed by atoms with Crippen molar-refractivity contribution in [2.24, 2.45) is 11.7 Å². The van der Waals surface area contributed by atoms with E-state index in [-0.39, 0.29) is 25.1 Å². The highest BCUT2D eigenvalue weighted by Crippen LogP contribution is 2.37. The molecule has 9 N–H and O–H groups in total. The molecule has 17 heteroatoms. The Morgan fingerprint density at radius 3 is 2.16 bits per heavy atom. The molecule has 1 heterocycles. The molecule has 16 nitrogen and oxygen atoms in total. The molecule has 0 aliphatic carbocycles. The second-order valence-corrected chi connectivity index (χ2v) is 11.9. The molecule has 1 aliphatic rings. The maximum atomic E-state index is 13.5. The van der Waals surface area contributed by atoms with Gasteiger partial charge in [0.25, 0.3) is 0 Å². The van der Waals surface area contributed by atoms with Crippen molar-refractivity contribution >= 4 is 43.3 Å². The van der Waals surface area contributed by atoms with Crippen LogP contribution in [0.3, 0.4) is 0 Å². The zero-order valence-electron chi connectivity index (χ0n) is 24.7. The summed E-state index contributed by atoms with van der Waals surface area (Å²) in [6.45, 7) is 3.24. The van der Waals surface area contributed by atoms with Crippen molar-refractivity contribution in [2.75, 3.05) is 13.1 Å². The second kappa shape index (κ2) is 17.3. The molecule has 1 aliphatic heterocycles. The first-order chi connectivity index (χ1) is 20.6. The van der Waals surface area contributed by atoms with Gasteiger partial charge in [-0.15, -0.1) is 0 Å². The number of rotatable bonds is 7. The molecular formula is C27H41N6O10P. The number of carbonyl (C=O) groups excluding carboxylic acids is 6. The van der Waals surface area contributed by atoms with E-state index in [0.29, 0.717) is 31.4 Å². The predicted molar refractivity (Wildman–Crippen MR) is 156 cm³/mol. The van der Waals surface area contributed by atoms with Crippen molar-refractivity contribution in [3.05, 3.63) is 29.8 Å². The highest BCUT2D eigenvalue weighted by atomic mass is 31.2. The third kappa shape index (κ3) is 13.5. The van der Waals surface area contributed by atoms with Crippen molar-refractivity contribution in [1.82, 2.24) is 26.6 Å². The summed E-state index contributed by atoms with van der Waals surface area (Å²) in [4.78, 5) is 94.1. The van der Waals surface area contributed by atoms with Crippen LogP contribution in [0.4, 0.5) is 0 Å². The fraction of sp³-hybridized carbons (Fsp3) is 0.556. The van der Waals surface area contributed by atoms with Gasteiger partial charge in [-0.3, -0.25) is 38.6 Å². The lowest BCUT2D eigenvalue weighted by molar-refractivity contribution is -0.135. The number of hydrogen-bond donors (Lipinski definition) is 8. The fourth-order valence-corrected chi connectivity index (χ4v) is 4.74. The number of nitrogens with one attached hydrogen (secondary N) is 5. The SMILES string of the molecule is CC(C)[C@@H]1NC(=O)[C@H](Cc2ccc(OP(=O)(O)O)cc2)NC(=O)CCCCCCNC(=O)CNC(=O)[C@H](CC(N)=O)NC1=O. The number of phosphoric ester groups is 1. The maximum absolute atomic E-state index is 13.5. The predicted octanol–water partition coefficient (Wildman–Crippen LogP) is -1.12. The van der Waals surface area contributed by atoms with Crippen molar-refractivity contribution in [2.45, 2.75) is 76.9 Å². The Labute approximate surface area is 254 Å². The Hall–Kier alpha value is -4.01. The number of phosphoric acid groups is 1. The standard InChI is InChI=1S/C27H41N6O10P/c1-16(2)24-27(39)32-20(14-21(28)34)25(37)30-15-23(36)29-12-6-4-3-5-7-22(35)31-19(26(38)33-24)13-17-8-10-18(11-9-17)43-44(40,41)42/h8-11,16,19-20,24H,3-7,12-15H2,1-2H3,(H2,28,34)(H,29,36)(H,30,37)(H,31,35)(H,32,39)(H,33,38)(H2,40,41,42)/t19-,20-,24-/m0/s1. The monoisotopic (exact) mass is 640 g/mol. The van der Waals surface area contributed by atoms with Crippen LogP contribution in [-0.2, 0) is 39.8 Å². The van der Waals surface area contributed by atoms with Gasteiger partial charge in [0.15, 0.2) is 0 Å². The first-order valence-corrected chi connectivity index (χ1v) is 15.7. The maximum Gasteiger partial charge on any atom is 0.524 e. The van der Waals surface area contributed by atoms with Crippen LogP contribution in [0.25, 0.3) is 0 Å². The first-order valence-electron chi connectivity index (χ1n) is 14.2. The van der Waals surface area contributed by atoms with Gasteiger partial charge in [0.1, 0.15) is 23.9 Å². The molecule has 2 rings (SSSR count). The number of hydrogen-bond acceptors (Lipinski definition) is 8. The topological polar surface area (TPSA) is 255 Å². The second-order valence-electron chi connectivity index (χ2n) is 10.7. The average molecular weight is 641 g/mol. The zero-order chi connectivity index (χ0) is 32.9. The van der Waals surface area contributed by atoms with E-state index < -0.39 is 73.7 Å². The Bertz CT molecular complexity index is 1240. The van der Waals surface area contributed by atoms with Crippen molar-refractivity contribution in [1.29, 1.82) is 0 Å². The van der Waals surface area contributed by atoms with Crippen molar-refractivity contribution < 1.29 is 47.6 Å². The minimum atomic E-state index is -4.77. The molecule has 0 saturated carbocycles. The lowest BCUT2D eigenvalue weighted by Crippen LogP contribution is -2.59. The number of benzene rings is 1. The fourth-order valence-electron chi connectivity index (χ4n) is 4.34. The van der Waals surface area contributed by atoms with Crippen LogP contribution in [0.1, 0.15) is 57.9 Å². The summed E-state index contributed by atoms with van der Waals surface area (Å²) >= 11 is 0. The normalized spacial score (nSPS) is 22.1. The molecule has 6 amide bonds. The summed E-state index contributed by atoms with van der Waals surface area (Å²) in [5.74, 6) is -4.65. The quantitative estimate of drug-likeness (QED) is 0.167. The smallest absolute Gasteiger partial charge is 0.404 e. The number of primary amides is 1. The molecule has 0 bridgehead atoms. The van der Waals surface area contributed by atoms with Gasteiger partial charge in [-0.05, 0) is 36.5 Å². The number of amides is 6. The number of nitrogens with two attached hydrogens (primary N) is 1. The Morgan fingerprint density at radius 2 is 1.55 bits per heavy atom. The Morgan fingerprint density at radius 1 is 0.886 bits per heavy atom. The molecule has 1 aromatic carbocycles. The van der Waals surface area contributed by atoms with E-state index in [2.05, 4.69) is 31.1 Å². The minimum Gasteiger partial charge on any atom is -0.404 e. The van der Waals surface area contributed by atoms with Crippen LogP contribution in [-0.4, -0.2) is 76.4 Å². The van der Waals surface area contributed by atoms with Gasteiger partial charge in [0.05, 0.1) is 13.0 Å². The highest BCUT2D eigenvalue weighted by molar-refractivity contribution is 7.46. The lowest BCUT2D eigenvalue weighted by atomic mass is 10.00. The molecule has 244 valence electrons. The first kappa shape index (κ1) is 36.2. The molecule has 1 fully saturated rings. The minimum absolute atomic E-state index is 0.0351. The molecule has 0 aromatic heterocycles. The van der Waals surface area contributed by atoms with E-state index in [1.807, 2.05) is 0 Å². The summed E-state index contributed by atoms with van der Waals surface area (Å²) < 4.78 is 15.7. The summed E-state index contributed by atoms with van der Waals surface area (Å²) in [5.41, 5.74) is 5.79. The van der Waals surface area contributed by atoms with E-state index in [4.69, 9.17) is 15.5 Å². The molecule has 1 saturated heterocycles. The van der Waals surface area contributed by atoms with E-state index in [1.54, 1.807) is 13.8 Å². The largest absolute Gasteiger partial charge is 0.524 e. The van der Waals surface area contributed by atoms with Crippen LogP contribution in [0.5, 0.6) is 5.75 Å². The molecule has 1 aromatic rings. The van der Waals surface area contributed by atoms with Crippen LogP contribution in [0, 0.1) is 5.92 Å². The molecule has 0 radical (unpaired) electrons. The summed E-state index contributed by atoms with van der Waals surface area (Å²) in [6.07, 6.45) is 2.09. The van der Waals surface area contributed by atoms with E-state index in [9.17, 15) is 33.3 Å². The van der Waals surface area contributed by atoms with Gasteiger partial charge in [0.2, 0.25) is 35.4 Å². The summed E-state index contributed by atoms with van der Waals surface area (Å²) in [7, 11) is -4.77. The van der Waals surface area contributed by atoms with Crippen molar-refractivity contribution in [3.8, 4) is 5.75 Å². The van der Waals surface area contributed by atoms with Crippen LogP contribution >= 0.6 is 7.82 Å². The van der Waals surface area contributed by atoms with E-state index in [1.165, 1.54) is 24.3 Å². The van der Waals surface area contributed by atoms with Crippen molar-refractivity contribution in [3.63, 3.8) is 0 Å².